The maximum absolute atomic E-state index is 12.6. The Morgan fingerprint density at radius 3 is 2.62 bits per heavy atom. The molecular weight excluding hydrogens is 480 g/mol. The van der Waals surface area contributed by atoms with E-state index in [0.29, 0.717) is 11.2 Å². The summed E-state index contributed by atoms with van der Waals surface area (Å²) in [5.41, 5.74) is 3.51. The lowest BCUT2D eigenvalue weighted by atomic mass is 9.47. The molecule has 0 N–H and O–H groups in total. The Hall–Kier alpha value is -1.77. The van der Waals surface area contributed by atoms with Crippen LogP contribution in [0.2, 0.25) is 0 Å². The van der Waals surface area contributed by atoms with Crippen molar-refractivity contribution in [3.05, 3.63) is 41.5 Å². The van der Waals surface area contributed by atoms with E-state index in [1.165, 1.54) is 51.4 Å². The van der Waals surface area contributed by atoms with Crippen molar-refractivity contribution in [2.45, 2.75) is 125 Å². The summed E-state index contributed by atoms with van der Waals surface area (Å²) in [5.74, 6) is 5.67. The number of benzene rings is 1. The molecule has 39 heavy (non-hydrogen) atoms. The fraction of sp³-hybridized carbons (Fsp3) is 0.750. The van der Waals surface area contributed by atoms with Crippen LogP contribution in [0.1, 0.15) is 118 Å². The van der Waals surface area contributed by atoms with E-state index in [4.69, 9.17) is 9.47 Å². The zero-order valence-electron chi connectivity index (χ0n) is 25.6. The molecule has 0 unspecified atom stereocenters. The van der Waals surface area contributed by atoms with Gasteiger partial charge in [-0.2, -0.15) is 0 Å². The summed E-state index contributed by atoms with van der Waals surface area (Å²) in [6.45, 7) is 14.6. The van der Waals surface area contributed by atoms with E-state index in [1.54, 1.807) is 5.57 Å². The smallest absolute Gasteiger partial charge is 0.430 e. The topological polar surface area (TPSA) is 35.5 Å². The summed E-state index contributed by atoms with van der Waals surface area (Å²) >= 11 is 0. The first kappa shape index (κ1) is 28.7. The van der Waals surface area contributed by atoms with Gasteiger partial charge in [0.2, 0.25) is 0 Å². The highest BCUT2D eigenvalue weighted by molar-refractivity contribution is 5.64. The minimum atomic E-state index is -0.556. The fourth-order valence-corrected chi connectivity index (χ4v) is 9.84. The van der Waals surface area contributed by atoms with Crippen LogP contribution in [0.15, 0.2) is 35.9 Å². The predicted octanol–water partition coefficient (Wildman–Crippen LogP) is 10.2. The molecule has 5 rings (SSSR count). The van der Waals surface area contributed by atoms with Gasteiger partial charge in [0.15, 0.2) is 0 Å². The minimum Gasteiger partial charge on any atom is -0.430 e. The van der Waals surface area contributed by atoms with Crippen LogP contribution in [-0.2, 0) is 11.2 Å². The fourth-order valence-electron chi connectivity index (χ4n) is 9.84. The molecule has 3 heteroatoms. The molecule has 0 amide bonds. The summed E-state index contributed by atoms with van der Waals surface area (Å²) in [4.78, 5) is 12.6. The number of carbonyl (C=O) groups is 1. The Morgan fingerprint density at radius 2 is 1.85 bits per heavy atom. The second-order valence-electron chi connectivity index (χ2n) is 14.6. The molecule has 3 saturated carbocycles. The first-order valence-electron chi connectivity index (χ1n) is 16.3. The number of hydrogen-bond acceptors (Lipinski definition) is 3. The zero-order chi connectivity index (χ0) is 27.8. The van der Waals surface area contributed by atoms with Crippen molar-refractivity contribution in [1.82, 2.24) is 0 Å². The number of carbonyl (C=O) groups excluding carboxylic acids is 1. The summed E-state index contributed by atoms with van der Waals surface area (Å²) in [5, 5.41) is 0. The highest BCUT2D eigenvalue weighted by Gasteiger charge is 2.59. The first-order chi connectivity index (χ1) is 18.6. The third-order valence-electron chi connectivity index (χ3n) is 12.0. The van der Waals surface area contributed by atoms with Gasteiger partial charge in [-0.25, -0.2) is 4.79 Å². The van der Waals surface area contributed by atoms with E-state index in [9.17, 15) is 4.79 Å². The van der Waals surface area contributed by atoms with E-state index in [-0.39, 0.29) is 11.5 Å². The maximum Gasteiger partial charge on any atom is 0.514 e. The van der Waals surface area contributed by atoms with Gasteiger partial charge in [-0.15, -0.1) is 0 Å². The van der Waals surface area contributed by atoms with Crippen LogP contribution in [0, 0.1) is 46.3 Å². The zero-order valence-corrected chi connectivity index (χ0v) is 25.6. The number of aryl methyl sites for hydroxylation is 1. The van der Waals surface area contributed by atoms with Gasteiger partial charge in [-0.1, -0.05) is 84.6 Å². The highest BCUT2D eigenvalue weighted by Crippen LogP contribution is 2.67. The van der Waals surface area contributed by atoms with Gasteiger partial charge >= 0.3 is 6.16 Å². The van der Waals surface area contributed by atoms with Crippen molar-refractivity contribution in [3.8, 4) is 5.75 Å². The average molecular weight is 535 g/mol. The molecule has 216 valence electrons. The van der Waals surface area contributed by atoms with E-state index < -0.39 is 6.16 Å². The second-order valence-corrected chi connectivity index (χ2v) is 14.6. The van der Waals surface area contributed by atoms with Gasteiger partial charge in [0.25, 0.3) is 0 Å². The van der Waals surface area contributed by atoms with Gasteiger partial charge in [-0.3, -0.25) is 0 Å². The molecule has 3 fully saturated rings. The maximum atomic E-state index is 12.6. The molecule has 0 heterocycles. The second kappa shape index (κ2) is 11.6. The standard InChI is InChI=1S/C36H54O3/c1-7-26-12-9-13-28(22-26)38-34(37)39-29-18-20-35(5)27(23-29)14-15-30-32-17-16-31(25(4)11-8-10-24(2)3)36(32,6)21-19-33(30)35/h9,12-14,22,24-25,29-33H,7-8,10-11,15-21,23H2,1-6H3/t25-,29+,30+,31-,32+,33+,35+,36-/m1/s1. The molecule has 1 aromatic rings. The van der Waals surface area contributed by atoms with Crippen LogP contribution in [0.4, 0.5) is 4.79 Å². The van der Waals surface area contributed by atoms with Crippen molar-refractivity contribution in [3.63, 3.8) is 0 Å². The van der Waals surface area contributed by atoms with Crippen LogP contribution in [0.3, 0.4) is 0 Å². The van der Waals surface area contributed by atoms with Gasteiger partial charge in [0.05, 0.1) is 0 Å². The lowest BCUT2D eigenvalue weighted by Crippen LogP contribution is -2.51. The molecule has 0 radical (unpaired) electrons. The first-order valence-corrected chi connectivity index (χ1v) is 16.3. The average Bonchev–Trinajstić information content (AvgIpc) is 3.26. The van der Waals surface area contributed by atoms with Gasteiger partial charge < -0.3 is 9.47 Å². The van der Waals surface area contributed by atoms with Crippen LogP contribution in [0.5, 0.6) is 5.75 Å². The number of rotatable bonds is 8. The van der Waals surface area contributed by atoms with Crippen molar-refractivity contribution in [2.75, 3.05) is 0 Å². The Balaban J connectivity index is 1.21. The lowest BCUT2D eigenvalue weighted by molar-refractivity contribution is -0.0597. The lowest BCUT2D eigenvalue weighted by Gasteiger charge is -2.58. The number of ether oxygens (including phenoxy) is 2. The number of hydrogen-bond donors (Lipinski definition) is 0. The van der Waals surface area contributed by atoms with Crippen LogP contribution < -0.4 is 4.74 Å². The highest BCUT2D eigenvalue weighted by atomic mass is 16.7. The monoisotopic (exact) mass is 534 g/mol. The summed E-state index contributed by atoms with van der Waals surface area (Å²) in [6.07, 6.45) is 16.9. The molecule has 3 nitrogen and oxygen atoms in total. The largest absolute Gasteiger partial charge is 0.514 e. The predicted molar refractivity (Wildman–Crippen MR) is 160 cm³/mol. The molecule has 0 spiro atoms. The molecule has 8 atom stereocenters. The van der Waals surface area contributed by atoms with Crippen LogP contribution >= 0.6 is 0 Å². The number of fused-ring (bicyclic) bond motifs is 5. The minimum absolute atomic E-state index is 0.0702. The van der Waals surface area contributed by atoms with E-state index in [0.717, 1.165) is 66.8 Å². The molecule has 4 aliphatic carbocycles. The Morgan fingerprint density at radius 1 is 1.03 bits per heavy atom. The molecule has 0 aromatic heterocycles. The Labute approximate surface area is 238 Å². The molecule has 0 bridgehead atoms. The normalized spacial score (nSPS) is 36.4. The number of allylic oxidation sites excluding steroid dienone is 1. The molecule has 0 saturated heterocycles. The van der Waals surface area contributed by atoms with E-state index in [2.05, 4.69) is 53.7 Å². The van der Waals surface area contributed by atoms with E-state index >= 15 is 0 Å². The molecule has 1 aromatic carbocycles. The Bertz CT molecular complexity index is 1040. The third kappa shape index (κ3) is 5.71. The summed E-state index contributed by atoms with van der Waals surface area (Å²) in [7, 11) is 0. The third-order valence-corrected chi connectivity index (χ3v) is 12.0. The quantitative estimate of drug-likeness (QED) is 0.189. The SMILES string of the molecule is CCc1cccc(OC(=O)O[C@H]2CC[C@@]3(C)C(=CC[C@H]4[C@@H]5CC[C@H]([C@H](C)CCCC(C)C)[C@@]5(C)CC[C@@H]43)C2)c1. The van der Waals surface area contributed by atoms with Gasteiger partial charge in [0, 0.05) is 6.42 Å². The molecule has 4 aliphatic rings. The van der Waals surface area contributed by atoms with Gasteiger partial charge in [-0.05, 0) is 115 Å². The van der Waals surface area contributed by atoms with Crippen molar-refractivity contribution in [2.24, 2.45) is 46.3 Å². The molecule has 0 aliphatic heterocycles. The Kier molecular flexibility index (Phi) is 8.56. The van der Waals surface area contributed by atoms with E-state index in [1.807, 2.05) is 18.2 Å². The van der Waals surface area contributed by atoms with Crippen LogP contribution in [0.25, 0.3) is 0 Å². The molecular formula is C36H54O3. The summed E-state index contributed by atoms with van der Waals surface area (Å²) in [6, 6.07) is 7.75. The van der Waals surface area contributed by atoms with Crippen molar-refractivity contribution in [1.29, 1.82) is 0 Å². The summed E-state index contributed by atoms with van der Waals surface area (Å²) < 4.78 is 11.4. The van der Waals surface area contributed by atoms with Crippen LogP contribution in [-0.4, -0.2) is 12.3 Å². The van der Waals surface area contributed by atoms with Crippen molar-refractivity contribution >= 4 is 6.16 Å². The van der Waals surface area contributed by atoms with Gasteiger partial charge in [0.1, 0.15) is 11.9 Å². The van der Waals surface area contributed by atoms with Crippen molar-refractivity contribution < 1.29 is 14.3 Å².